The summed E-state index contributed by atoms with van der Waals surface area (Å²) in [7, 11) is 3.78. The van der Waals surface area contributed by atoms with Crippen LogP contribution in [0, 0.1) is 0 Å². The molecule has 0 aliphatic carbocycles. The highest BCUT2D eigenvalue weighted by molar-refractivity contribution is 5.89. The standard InChI is InChI=1S/C20H24N2O3/c1-20(24,13-22(2)3)12-21-19(23)18-14-8-4-6-10-16(14)25-17-11-7-5-9-15(17)18/h4-11,18,24H,12-13H2,1-3H3,(H,21,23). The van der Waals surface area contributed by atoms with Gasteiger partial charge in [-0.1, -0.05) is 36.4 Å². The first-order valence-corrected chi connectivity index (χ1v) is 8.38. The second-order valence-corrected chi connectivity index (χ2v) is 7.06. The van der Waals surface area contributed by atoms with Crippen molar-refractivity contribution in [1.29, 1.82) is 0 Å². The molecule has 2 N–H and O–H groups in total. The van der Waals surface area contributed by atoms with Crippen LogP contribution in [0.5, 0.6) is 11.5 Å². The molecule has 1 heterocycles. The van der Waals surface area contributed by atoms with Crippen LogP contribution in [-0.4, -0.2) is 48.7 Å². The van der Waals surface area contributed by atoms with E-state index < -0.39 is 11.5 Å². The third-order valence-corrected chi connectivity index (χ3v) is 4.24. The number of aliphatic hydroxyl groups is 1. The van der Waals surface area contributed by atoms with E-state index in [1.165, 1.54) is 0 Å². The van der Waals surface area contributed by atoms with Gasteiger partial charge in [0.1, 0.15) is 11.5 Å². The quantitative estimate of drug-likeness (QED) is 0.877. The molecule has 0 fully saturated rings. The summed E-state index contributed by atoms with van der Waals surface area (Å²) >= 11 is 0. The number of benzene rings is 2. The lowest BCUT2D eigenvalue weighted by Gasteiger charge is -2.30. The Labute approximate surface area is 148 Å². The Morgan fingerprint density at radius 3 is 2.16 bits per heavy atom. The van der Waals surface area contributed by atoms with Gasteiger partial charge in [0.05, 0.1) is 11.5 Å². The van der Waals surface area contributed by atoms with Crippen LogP contribution >= 0.6 is 0 Å². The first-order chi connectivity index (χ1) is 11.9. The van der Waals surface area contributed by atoms with Crippen molar-refractivity contribution in [3.8, 4) is 11.5 Å². The molecule has 132 valence electrons. The Morgan fingerprint density at radius 1 is 1.12 bits per heavy atom. The normalized spacial score (nSPS) is 15.7. The van der Waals surface area contributed by atoms with Crippen molar-refractivity contribution >= 4 is 5.91 Å². The van der Waals surface area contributed by atoms with Gasteiger partial charge in [0, 0.05) is 24.2 Å². The Kier molecular flexibility index (Phi) is 4.79. The molecule has 5 heteroatoms. The van der Waals surface area contributed by atoms with Crippen molar-refractivity contribution in [2.45, 2.75) is 18.4 Å². The van der Waals surface area contributed by atoms with Crippen LogP contribution in [0.1, 0.15) is 24.0 Å². The molecule has 0 aromatic heterocycles. The number of para-hydroxylation sites is 2. The van der Waals surface area contributed by atoms with Crippen LogP contribution in [0.25, 0.3) is 0 Å². The molecule has 2 aromatic carbocycles. The fourth-order valence-electron chi connectivity index (χ4n) is 3.31. The molecule has 0 spiro atoms. The van der Waals surface area contributed by atoms with Crippen LogP contribution in [0.3, 0.4) is 0 Å². The Morgan fingerprint density at radius 2 is 1.64 bits per heavy atom. The summed E-state index contributed by atoms with van der Waals surface area (Å²) in [6.07, 6.45) is 0. The number of carbonyl (C=O) groups excluding carboxylic acids is 1. The van der Waals surface area contributed by atoms with Crippen molar-refractivity contribution in [1.82, 2.24) is 10.2 Å². The first-order valence-electron chi connectivity index (χ1n) is 8.38. The number of fused-ring (bicyclic) bond motifs is 2. The molecule has 1 atom stereocenters. The molecule has 2 aromatic rings. The minimum Gasteiger partial charge on any atom is -0.457 e. The third-order valence-electron chi connectivity index (χ3n) is 4.24. The highest BCUT2D eigenvalue weighted by Gasteiger charge is 2.33. The maximum absolute atomic E-state index is 13.0. The van der Waals surface area contributed by atoms with Gasteiger partial charge in [-0.3, -0.25) is 4.79 Å². The van der Waals surface area contributed by atoms with Crippen molar-refractivity contribution in [3.05, 3.63) is 59.7 Å². The number of hydrogen-bond donors (Lipinski definition) is 2. The summed E-state index contributed by atoms with van der Waals surface area (Å²) in [5, 5.41) is 13.4. The fourth-order valence-corrected chi connectivity index (χ4v) is 3.31. The zero-order valence-corrected chi connectivity index (χ0v) is 14.8. The van der Waals surface area contributed by atoms with Crippen LogP contribution in [0.2, 0.25) is 0 Å². The number of ether oxygens (including phenoxy) is 1. The maximum atomic E-state index is 13.0. The van der Waals surface area contributed by atoms with E-state index in [1.54, 1.807) is 6.92 Å². The van der Waals surface area contributed by atoms with E-state index in [-0.39, 0.29) is 12.5 Å². The molecule has 0 radical (unpaired) electrons. The van der Waals surface area contributed by atoms with Gasteiger partial charge >= 0.3 is 0 Å². The lowest BCUT2D eigenvalue weighted by molar-refractivity contribution is -0.123. The molecule has 0 saturated heterocycles. The molecular weight excluding hydrogens is 316 g/mol. The number of hydrogen-bond acceptors (Lipinski definition) is 4. The zero-order chi connectivity index (χ0) is 18.0. The van der Waals surface area contributed by atoms with E-state index in [0.29, 0.717) is 18.0 Å². The average Bonchev–Trinajstić information content (AvgIpc) is 2.56. The topological polar surface area (TPSA) is 61.8 Å². The second-order valence-electron chi connectivity index (χ2n) is 7.06. The molecular formula is C20H24N2O3. The van der Waals surface area contributed by atoms with Crippen molar-refractivity contribution in [2.75, 3.05) is 27.2 Å². The molecule has 25 heavy (non-hydrogen) atoms. The van der Waals surface area contributed by atoms with Gasteiger partial charge in [-0.05, 0) is 33.2 Å². The molecule has 1 unspecified atom stereocenters. The lowest BCUT2D eigenvalue weighted by Crippen LogP contribution is -2.48. The van der Waals surface area contributed by atoms with Gasteiger partial charge in [0.25, 0.3) is 0 Å². The summed E-state index contributed by atoms with van der Waals surface area (Å²) in [5.41, 5.74) is 0.681. The van der Waals surface area contributed by atoms with Crippen LogP contribution < -0.4 is 10.1 Å². The van der Waals surface area contributed by atoms with E-state index in [4.69, 9.17) is 4.74 Å². The molecule has 1 aliphatic rings. The summed E-state index contributed by atoms with van der Waals surface area (Å²) in [6.45, 7) is 2.37. The smallest absolute Gasteiger partial charge is 0.232 e. The zero-order valence-electron chi connectivity index (χ0n) is 14.8. The SMILES string of the molecule is CN(C)CC(C)(O)CNC(=O)C1c2ccccc2Oc2ccccc21. The van der Waals surface area contributed by atoms with Crippen LogP contribution in [0.4, 0.5) is 0 Å². The monoisotopic (exact) mass is 340 g/mol. The highest BCUT2D eigenvalue weighted by atomic mass is 16.5. The predicted molar refractivity (Wildman–Crippen MR) is 97.0 cm³/mol. The van der Waals surface area contributed by atoms with Crippen LogP contribution in [-0.2, 0) is 4.79 Å². The average molecular weight is 340 g/mol. The second kappa shape index (κ2) is 6.86. The predicted octanol–water partition coefficient (Wildman–Crippen LogP) is 2.35. The van der Waals surface area contributed by atoms with Gasteiger partial charge in [-0.25, -0.2) is 0 Å². The highest BCUT2D eigenvalue weighted by Crippen LogP contribution is 2.43. The largest absolute Gasteiger partial charge is 0.457 e. The van der Waals surface area contributed by atoms with Gasteiger partial charge in [0.2, 0.25) is 5.91 Å². The molecule has 0 bridgehead atoms. The molecule has 1 amide bonds. The lowest BCUT2D eigenvalue weighted by atomic mass is 9.87. The number of nitrogens with zero attached hydrogens (tertiary/aromatic N) is 1. The maximum Gasteiger partial charge on any atom is 0.232 e. The first kappa shape index (κ1) is 17.5. The van der Waals surface area contributed by atoms with Gasteiger partial charge in [-0.15, -0.1) is 0 Å². The van der Waals surface area contributed by atoms with E-state index in [1.807, 2.05) is 67.5 Å². The fraction of sp³-hybridized carbons (Fsp3) is 0.350. The molecule has 0 saturated carbocycles. The summed E-state index contributed by atoms with van der Waals surface area (Å²) in [4.78, 5) is 14.9. The Balaban J connectivity index is 1.85. The number of carbonyl (C=O) groups is 1. The van der Waals surface area contributed by atoms with Gasteiger partial charge in [0.15, 0.2) is 0 Å². The van der Waals surface area contributed by atoms with E-state index >= 15 is 0 Å². The minimum absolute atomic E-state index is 0.137. The molecule has 3 rings (SSSR count). The van der Waals surface area contributed by atoms with E-state index in [0.717, 1.165) is 11.1 Å². The van der Waals surface area contributed by atoms with Crippen molar-refractivity contribution < 1.29 is 14.6 Å². The number of rotatable bonds is 5. The van der Waals surface area contributed by atoms with Crippen molar-refractivity contribution in [2.24, 2.45) is 0 Å². The van der Waals surface area contributed by atoms with Gasteiger partial charge in [-0.2, -0.15) is 0 Å². The van der Waals surface area contributed by atoms with E-state index in [2.05, 4.69) is 5.32 Å². The summed E-state index contributed by atoms with van der Waals surface area (Å²) in [6, 6.07) is 15.1. The number of amides is 1. The minimum atomic E-state index is -0.997. The van der Waals surface area contributed by atoms with Crippen LogP contribution in [0.15, 0.2) is 48.5 Å². The summed E-state index contributed by atoms with van der Waals surface area (Å²) < 4.78 is 5.92. The third kappa shape index (κ3) is 3.83. The van der Waals surface area contributed by atoms with Gasteiger partial charge < -0.3 is 20.1 Å². The summed E-state index contributed by atoms with van der Waals surface area (Å²) in [5.74, 6) is 0.807. The molecule has 1 aliphatic heterocycles. The van der Waals surface area contributed by atoms with E-state index in [9.17, 15) is 9.90 Å². The Bertz CT molecular complexity index is 726. The molecule has 5 nitrogen and oxygen atoms in total. The number of likely N-dealkylation sites (N-methyl/N-ethyl adjacent to an activating group) is 1. The van der Waals surface area contributed by atoms with Crippen molar-refractivity contribution in [3.63, 3.8) is 0 Å². The Hall–Kier alpha value is -2.37. The number of nitrogens with one attached hydrogen (secondary N) is 1.